The van der Waals surface area contributed by atoms with Crippen LogP contribution in [0.3, 0.4) is 0 Å². The van der Waals surface area contributed by atoms with Crippen molar-refractivity contribution >= 4 is 5.97 Å². The molecule has 0 rings (SSSR count). The Morgan fingerprint density at radius 3 is 1.43 bits per heavy atom. The zero-order valence-electron chi connectivity index (χ0n) is 16.4. The summed E-state index contributed by atoms with van der Waals surface area (Å²) >= 11 is 0. The lowest BCUT2D eigenvalue weighted by molar-refractivity contribution is -0.267. The van der Waals surface area contributed by atoms with Gasteiger partial charge in [0.1, 0.15) is 0 Å². The average Bonchev–Trinajstić information content (AvgIpc) is 2.51. The molecule has 0 amide bonds. The summed E-state index contributed by atoms with van der Waals surface area (Å²) in [4.78, 5) is 9.96. The van der Waals surface area contributed by atoms with E-state index < -0.39 is 30.2 Å². The molecular weight excluding hydrogens is 398 g/mol. The van der Waals surface area contributed by atoms with Gasteiger partial charge in [-0.25, -0.2) is 0 Å². The van der Waals surface area contributed by atoms with E-state index in [1.807, 2.05) is 0 Å². The maximum Gasteiger partial charge on any atom is 0.419 e. The molecule has 0 fully saturated rings. The van der Waals surface area contributed by atoms with E-state index in [1.165, 1.54) is 7.11 Å². The van der Waals surface area contributed by atoms with Gasteiger partial charge in [0.2, 0.25) is 0 Å². The highest BCUT2D eigenvalue weighted by atomic mass is 19.4. The maximum atomic E-state index is 11.8. The van der Waals surface area contributed by atoms with Crippen molar-refractivity contribution in [1.82, 2.24) is 0 Å². The Morgan fingerprint density at radius 1 is 0.893 bits per heavy atom. The van der Waals surface area contributed by atoms with Gasteiger partial charge in [0.05, 0.1) is 13.7 Å². The maximum absolute atomic E-state index is 11.8. The third-order valence-corrected chi connectivity index (χ3v) is 3.06. The van der Waals surface area contributed by atoms with Crippen LogP contribution in [0.15, 0.2) is 0 Å². The molecule has 0 aromatic rings. The molecule has 0 aromatic heterocycles. The number of carbonyl (C=O) groups is 1. The number of alkyl halides is 6. The molecule has 174 valence electrons. The number of aliphatic hydroxyl groups is 2. The lowest BCUT2D eigenvalue weighted by Crippen LogP contribution is -2.46. The van der Waals surface area contributed by atoms with E-state index >= 15 is 0 Å². The Bertz CT molecular complexity index is 386. The van der Waals surface area contributed by atoms with Crippen LogP contribution in [0.2, 0.25) is 0 Å². The minimum Gasteiger partial charge on any atom is -0.469 e. The number of methoxy groups -OCH3 is 1. The Morgan fingerprint density at radius 2 is 1.29 bits per heavy atom. The van der Waals surface area contributed by atoms with Crippen molar-refractivity contribution in [2.75, 3.05) is 20.3 Å². The third kappa shape index (κ3) is 15.9. The fourth-order valence-electron chi connectivity index (χ4n) is 1.16. The summed E-state index contributed by atoms with van der Waals surface area (Å²) in [7, 11) is 1.38. The minimum atomic E-state index is -4.62. The summed E-state index contributed by atoms with van der Waals surface area (Å²) in [6.07, 6.45) is -8.56. The van der Waals surface area contributed by atoms with Gasteiger partial charge in [-0.2, -0.15) is 26.3 Å². The SMILES string of the molecule is C.CCC(=O)OC.CCCC(C)(O)C(F)(F)F.CCOCC(C)(O)C(F)(F)F. The molecule has 0 aliphatic heterocycles. The first-order valence-corrected chi connectivity index (χ1v) is 8.16. The van der Waals surface area contributed by atoms with Crippen molar-refractivity contribution < 1.29 is 50.8 Å². The van der Waals surface area contributed by atoms with Crippen LogP contribution in [0.25, 0.3) is 0 Å². The Labute approximate surface area is 163 Å². The van der Waals surface area contributed by atoms with Crippen LogP contribution >= 0.6 is 0 Å². The van der Waals surface area contributed by atoms with Gasteiger partial charge in [0, 0.05) is 13.0 Å². The zero-order chi connectivity index (χ0) is 22.5. The Balaban J connectivity index is -0.000000158. The summed E-state index contributed by atoms with van der Waals surface area (Å²) in [5.41, 5.74) is -5.25. The molecule has 11 heteroatoms. The summed E-state index contributed by atoms with van der Waals surface area (Å²) in [6, 6.07) is 0. The molecule has 0 spiro atoms. The lowest BCUT2D eigenvalue weighted by Gasteiger charge is -2.25. The van der Waals surface area contributed by atoms with Gasteiger partial charge in [-0.05, 0) is 27.2 Å². The fourth-order valence-corrected chi connectivity index (χ4v) is 1.16. The third-order valence-electron chi connectivity index (χ3n) is 3.06. The monoisotopic (exact) mass is 432 g/mol. The number of carbonyl (C=O) groups excluding carboxylic acids is 1. The molecule has 0 bridgehead atoms. The van der Waals surface area contributed by atoms with Crippen LogP contribution in [0.4, 0.5) is 26.3 Å². The summed E-state index contributed by atoms with van der Waals surface area (Å²) in [6.45, 7) is 5.83. The van der Waals surface area contributed by atoms with Crippen LogP contribution < -0.4 is 0 Å². The molecule has 2 N–H and O–H groups in total. The van der Waals surface area contributed by atoms with E-state index in [0.29, 0.717) is 19.8 Å². The van der Waals surface area contributed by atoms with Gasteiger partial charge >= 0.3 is 18.3 Å². The predicted octanol–water partition coefficient (Wildman–Crippen LogP) is 4.64. The van der Waals surface area contributed by atoms with Crippen molar-refractivity contribution in [2.45, 2.75) is 84.9 Å². The molecule has 28 heavy (non-hydrogen) atoms. The smallest absolute Gasteiger partial charge is 0.419 e. The number of esters is 1. The molecular formula is C17H34F6O5. The largest absolute Gasteiger partial charge is 0.469 e. The van der Waals surface area contributed by atoms with Gasteiger partial charge in [-0.15, -0.1) is 0 Å². The first-order chi connectivity index (χ1) is 11.9. The van der Waals surface area contributed by atoms with Crippen molar-refractivity contribution in [3.05, 3.63) is 0 Å². The number of ether oxygens (including phenoxy) is 2. The van der Waals surface area contributed by atoms with Crippen molar-refractivity contribution in [3.8, 4) is 0 Å². The fraction of sp³-hybridized carbons (Fsp3) is 0.941. The molecule has 0 radical (unpaired) electrons. The Kier molecular flexibility index (Phi) is 18.3. The van der Waals surface area contributed by atoms with Gasteiger partial charge in [0.25, 0.3) is 0 Å². The quantitative estimate of drug-likeness (QED) is 0.472. The highest BCUT2D eigenvalue weighted by molar-refractivity contribution is 5.68. The van der Waals surface area contributed by atoms with Crippen LogP contribution in [0.5, 0.6) is 0 Å². The molecule has 2 unspecified atom stereocenters. The van der Waals surface area contributed by atoms with E-state index in [2.05, 4.69) is 9.47 Å². The molecule has 0 saturated carbocycles. The molecule has 0 aliphatic rings. The molecule has 0 heterocycles. The second-order valence-corrected chi connectivity index (χ2v) is 5.86. The first kappa shape index (κ1) is 34.4. The van der Waals surface area contributed by atoms with Gasteiger partial charge in [-0.1, -0.05) is 27.7 Å². The van der Waals surface area contributed by atoms with Gasteiger partial charge in [0.15, 0.2) is 11.2 Å². The number of hydrogen-bond acceptors (Lipinski definition) is 5. The lowest BCUT2D eigenvalue weighted by atomic mass is 10.0. The van der Waals surface area contributed by atoms with E-state index in [9.17, 15) is 31.1 Å². The zero-order valence-corrected chi connectivity index (χ0v) is 16.4. The predicted molar refractivity (Wildman–Crippen MR) is 93.8 cm³/mol. The van der Waals surface area contributed by atoms with Crippen molar-refractivity contribution in [3.63, 3.8) is 0 Å². The summed E-state index contributed by atoms with van der Waals surface area (Å²) in [5, 5.41) is 17.5. The van der Waals surface area contributed by atoms with Crippen LogP contribution in [0.1, 0.15) is 61.3 Å². The van der Waals surface area contributed by atoms with Crippen molar-refractivity contribution in [2.24, 2.45) is 0 Å². The second-order valence-electron chi connectivity index (χ2n) is 5.86. The van der Waals surface area contributed by atoms with Crippen molar-refractivity contribution in [1.29, 1.82) is 0 Å². The average molecular weight is 432 g/mol. The summed E-state index contributed by atoms with van der Waals surface area (Å²) in [5.74, 6) is -0.157. The molecule has 0 saturated heterocycles. The summed E-state index contributed by atoms with van der Waals surface area (Å²) < 4.78 is 79.5. The number of halogens is 6. The number of rotatable bonds is 6. The number of hydrogen-bond donors (Lipinski definition) is 2. The second kappa shape index (κ2) is 14.9. The van der Waals surface area contributed by atoms with E-state index in [1.54, 1.807) is 20.8 Å². The Hall–Kier alpha value is -1.07. The highest BCUT2D eigenvalue weighted by Crippen LogP contribution is 2.33. The minimum absolute atomic E-state index is 0. The van der Waals surface area contributed by atoms with Crippen LogP contribution in [0, 0.1) is 0 Å². The van der Waals surface area contributed by atoms with Crippen LogP contribution in [-0.4, -0.2) is 60.1 Å². The van der Waals surface area contributed by atoms with E-state index in [0.717, 1.165) is 6.92 Å². The standard InChI is InChI=1S/C6H11F3O2.C6H11F3O.C4H8O2.CH4/c1-3-11-4-5(2,10)6(7,8)9;1-3-4-5(2,10)6(7,8)9;1-3-4(5)6-2;/h10H,3-4H2,1-2H3;10H,3-4H2,1-2H3;3H2,1-2H3;1H4. The molecule has 0 aliphatic carbocycles. The highest BCUT2D eigenvalue weighted by Gasteiger charge is 2.50. The molecule has 5 nitrogen and oxygen atoms in total. The topological polar surface area (TPSA) is 76.0 Å². The molecule has 0 aromatic carbocycles. The van der Waals surface area contributed by atoms with Gasteiger partial charge < -0.3 is 19.7 Å². The molecule has 2 atom stereocenters. The first-order valence-electron chi connectivity index (χ1n) is 8.16. The van der Waals surface area contributed by atoms with Gasteiger partial charge in [-0.3, -0.25) is 4.79 Å². The van der Waals surface area contributed by atoms with E-state index in [4.69, 9.17) is 10.2 Å². The van der Waals surface area contributed by atoms with E-state index in [-0.39, 0.29) is 26.4 Å². The van der Waals surface area contributed by atoms with Crippen LogP contribution in [-0.2, 0) is 14.3 Å². The normalized spacial score (nSPS) is 15.4.